The molecule has 5 nitrogen and oxygen atoms in total. The maximum Gasteiger partial charge on any atom is 0.250 e. The summed E-state index contributed by atoms with van der Waals surface area (Å²) in [5.74, 6) is 0. The van der Waals surface area contributed by atoms with Crippen LogP contribution in [0.2, 0.25) is 4.34 Å². The number of methoxy groups -OCH3 is 1. The minimum Gasteiger partial charge on any atom is -0.378 e. The third-order valence-electron chi connectivity index (χ3n) is 2.35. The molecule has 0 saturated carbocycles. The van der Waals surface area contributed by atoms with Gasteiger partial charge in [-0.25, -0.2) is 18.1 Å². The van der Waals surface area contributed by atoms with Crippen LogP contribution in [0.25, 0.3) is 0 Å². The number of rotatable bonds is 7. The van der Waals surface area contributed by atoms with Gasteiger partial charge in [0, 0.05) is 25.5 Å². The van der Waals surface area contributed by atoms with E-state index in [1.54, 1.807) is 13.2 Å². The van der Waals surface area contributed by atoms with E-state index < -0.39 is 10.0 Å². The van der Waals surface area contributed by atoms with Crippen molar-refractivity contribution >= 4 is 44.3 Å². The first-order valence-electron chi connectivity index (χ1n) is 5.68. The minimum absolute atomic E-state index is 0.223. The molecule has 0 saturated heterocycles. The van der Waals surface area contributed by atoms with Crippen molar-refractivity contribution in [1.29, 1.82) is 0 Å². The summed E-state index contributed by atoms with van der Waals surface area (Å²) in [6.07, 6.45) is 0.540. The predicted molar refractivity (Wildman–Crippen MR) is 81.0 cm³/mol. The molecular formula is C11H13ClN2O3S3. The SMILES string of the molecule is COCc1nc(CCNS(=O)(=O)c2ccc(Cl)s2)cs1. The smallest absolute Gasteiger partial charge is 0.250 e. The van der Waals surface area contributed by atoms with Gasteiger partial charge in [0.25, 0.3) is 0 Å². The van der Waals surface area contributed by atoms with E-state index in [-0.39, 0.29) is 4.21 Å². The number of nitrogens with zero attached hydrogens (tertiary/aromatic N) is 1. The maximum atomic E-state index is 11.9. The highest BCUT2D eigenvalue weighted by Gasteiger charge is 2.16. The van der Waals surface area contributed by atoms with E-state index in [1.165, 1.54) is 17.4 Å². The molecular weight excluding hydrogens is 340 g/mol. The van der Waals surface area contributed by atoms with Crippen LogP contribution in [0, 0.1) is 0 Å². The minimum atomic E-state index is -3.48. The maximum absolute atomic E-state index is 11.9. The zero-order valence-electron chi connectivity index (χ0n) is 10.6. The Bertz CT molecular complexity index is 666. The molecule has 0 radical (unpaired) electrons. The number of thiophene rings is 1. The molecule has 110 valence electrons. The van der Waals surface area contributed by atoms with Crippen molar-refractivity contribution in [2.24, 2.45) is 0 Å². The van der Waals surface area contributed by atoms with E-state index >= 15 is 0 Å². The molecule has 0 aliphatic carbocycles. The molecule has 2 heterocycles. The Labute approximate surface area is 130 Å². The second kappa shape index (κ2) is 6.97. The lowest BCUT2D eigenvalue weighted by Crippen LogP contribution is -2.25. The Morgan fingerprint density at radius 2 is 2.25 bits per heavy atom. The van der Waals surface area contributed by atoms with Gasteiger partial charge in [0.05, 0.1) is 16.6 Å². The number of ether oxygens (including phenoxy) is 1. The van der Waals surface area contributed by atoms with Crippen LogP contribution in [0.1, 0.15) is 10.7 Å². The van der Waals surface area contributed by atoms with Crippen molar-refractivity contribution in [1.82, 2.24) is 9.71 Å². The Morgan fingerprint density at radius 3 is 2.90 bits per heavy atom. The summed E-state index contributed by atoms with van der Waals surface area (Å²) < 4.78 is 32.1. The molecule has 2 aromatic heterocycles. The standard InChI is InChI=1S/C11H13ClN2O3S3/c1-17-6-10-14-8(7-18-10)4-5-13-20(15,16)11-3-2-9(12)19-11/h2-3,7,13H,4-6H2,1H3. The van der Waals surface area contributed by atoms with Crippen LogP contribution in [-0.2, 0) is 27.8 Å². The summed E-state index contributed by atoms with van der Waals surface area (Å²) in [5.41, 5.74) is 0.856. The van der Waals surface area contributed by atoms with E-state index in [1.807, 2.05) is 5.38 Å². The third kappa shape index (κ3) is 4.24. The predicted octanol–water partition coefficient (Wildman–Crippen LogP) is 2.53. The molecule has 1 N–H and O–H groups in total. The number of halogens is 1. The first kappa shape index (κ1) is 15.9. The van der Waals surface area contributed by atoms with Gasteiger partial charge in [0.1, 0.15) is 9.22 Å². The van der Waals surface area contributed by atoms with Crippen LogP contribution in [-0.4, -0.2) is 27.1 Å². The van der Waals surface area contributed by atoms with Crippen molar-refractivity contribution in [2.45, 2.75) is 17.2 Å². The molecule has 0 unspecified atom stereocenters. The van der Waals surface area contributed by atoms with E-state index in [2.05, 4.69) is 9.71 Å². The average Bonchev–Trinajstić information content (AvgIpc) is 2.99. The zero-order valence-corrected chi connectivity index (χ0v) is 13.8. The summed E-state index contributed by atoms with van der Waals surface area (Å²) in [7, 11) is -1.87. The Balaban J connectivity index is 1.88. The van der Waals surface area contributed by atoms with E-state index in [0.717, 1.165) is 22.0 Å². The van der Waals surface area contributed by atoms with E-state index in [0.29, 0.717) is 23.9 Å². The van der Waals surface area contributed by atoms with Crippen molar-refractivity contribution in [2.75, 3.05) is 13.7 Å². The molecule has 20 heavy (non-hydrogen) atoms. The fourth-order valence-electron chi connectivity index (χ4n) is 1.48. The number of thiazole rings is 1. The molecule has 0 fully saturated rings. The molecule has 9 heteroatoms. The van der Waals surface area contributed by atoms with Gasteiger partial charge in [-0.05, 0) is 12.1 Å². The molecule has 2 aromatic rings. The quantitative estimate of drug-likeness (QED) is 0.831. The lowest BCUT2D eigenvalue weighted by atomic mass is 10.3. The van der Waals surface area contributed by atoms with Crippen molar-refractivity contribution in [3.63, 3.8) is 0 Å². The molecule has 0 spiro atoms. The normalized spacial score (nSPS) is 11.9. The third-order valence-corrected chi connectivity index (χ3v) is 6.41. The lowest BCUT2D eigenvalue weighted by molar-refractivity contribution is 0.184. The second-order valence-corrected chi connectivity index (χ2v) is 8.52. The Morgan fingerprint density at radius 1 is 1.45 bits per heavy atom. The van der Waals surface area contributed by atoms with Crippen LogP contribution in [0.4, 0.5) is 0 Å². The van der Waals surface area contributed by atoms with Gasteiger partial charge in [-0.1, -0.05) is 11.6 Å². The van der Waals surface area contributed by atoms with E-state index in [4.69, 9.17) is 16.3 Å². The summed E-state index contributed by atoms with van der Waals surface area (Å²) in [5, 5.41) is 2.79. The highest BCUT2D eigenvalue weighted by Crippen LogP contribution is 2.25. The molecule has 0 bridgehead atoms. The van der Waals surface area contributed by atoms with Crippen molar-refractivity contribution in [3.8, 4) is 0 Å². The summed E-state index contributed by atoms with van der Waals surface area (Å²) in [6.45, 7) is 0.776. The number of nitrogens with one attached hydrogen (secondary N) is 1. The number of aromatic nitrogens is 1. The lowest BCUT2D eigenvalue weighted by Gasteiger charge is -2.03. The summed E-state index contributed by atoms with van der Waals surface area (Å²) in [4.78, 5) is 4.34. The molecule has 0 aliphatic heterocycles. The zero-order chi connectivity index (χ0) is 14.6. The van der Waals surface area contributed by atoms with Gasteiger partial charge in [0.2, 0.25) is 10.0 Å². The van der Waals surface area contributed by atoms with Crippen molar-refractivity contribution < 1.29 is 13.2 Å². The molecule has 2 rings (SSSR count). The van der Waals surface area contributed by atoms with Crippen LogP contribution in [0.3, 0.4) is 0 Å². The van der Waals surface area contributed by atoms with Crippen LogP contribution < -0.4 is 4.72 Å². The fourth-order valence-corrected chi connectivity index (χ4v) is 4.84. The van der Waals surface area contributed by atoms with Gasteiger partial charge in [0.15, 0.2) is 0 Å². The number of sulfonamides is 1. The van der Waals surface area contributed by atoms with Gasteiger partial charge in [-0.15, -0.1) is 22.7 Å². The van der Waals surface area contributed by atoms with Gasteiger partial charge < -0.3 is 4.74 Å². The topological polar surface area (TPSA) is 68.3 Å². The molecule has 0 aromatic carbocycles. The largest absolute Gasteiger partial charge is 0.378 e. The van der Waals surface area contributed by atoms with Crippen LogP contribution >= 0.6 is 34.3 Å². The first-order valence-corrected chi connectivity index (χ1v) is 9.24. The first-order chi connectivity index (χ1) is 9.51. The Hall–Kier alpha value is -0.510. The molecule has 0 amide bonds. The second-order valence-electron chi connectivity index (χ2n) is 3.87. The summed E-state index contributed by atoms with van der Waals surface area (Å²) in [6, 6.07) is 3.06. The summed E-state index contributed by atoms with van der Waals surface area (Å²) >= 11 is 8.27. The Kier molecular flexibility index (Phi) is 5.53. The van der Waals surface area contributed by atoms with Crippen LogP contribution in [0.5, 0.6) is 0 Å². The number of hydrogen-bond donors (Lipinski definition) is 1. The molecule has 0 aliphatic rings. The highest BCUT2D eigenvalue weighted by atomic mass is 35.5. The van der Waals surface area contributed by atoms with Gasteiger partial charge in [-0.2, -0.15) is 0 Å². The highest BCUT2D eigenvalue weighted by molar-refractivity contribution is 7.91. The van der Waals surface area contributed by atoms with Crippen molar-refractivity contribution in [3.05, 3.63) is 32.6 Å². The van der Waals surface area contributed by atoms with Crippen LogP contribution in [0.15, 0.2) is 21.7 Å². The van der Waals surface area contributed by atoms with Gasteiger partial charge in [-0.3, -0.25) is 0 Å². The average molecular weight is 353 g/mol. The van der Waals surface area contributed by atoms with Gasteiger partial charge >= 0.3 is 0 Å². The fraction of sp³-hybridized carbons (Fsp3) is 0.364. The number of hydrogen-bond acceptors (Lipinski definition) is 6. The molecule has 0 atom stereocenters. The monoisotopic (exact) mass is 352 g/mol. The van der Waals surface area contributed by atoms with E-state index in [9.17, 15) is 8.42 Å².